The molecule has 1 aromatic rings. The smallest absolute Gasteiger partial charge is 0.315 e. The average molecular weight is 390 g/mol. The van der Waals surface area contributed by atoms with E-state index in [1.165, 1.54) is 19.3 Å². The highest BCUT2D eigenvalue weighted by atomic mass is 35.5. The summed E-state index contributed by atoms with van der Waals surface area (Å²) in [5.41, 5.74) is 1.56. The second-order valence-electron chi connectivity index (χ2n) is 8.79. The van der Waals surface area contributed by atoms with Gasteiger partial charge in [-0.2, -0.15) is 0 Å². The van der Waals surface area contributed by atoms with Crippen LogP contribution >= 0.6 is 11.6 Å². The number of carbonyl (C=O) groups is 2. The molecule has 1 aromatic carbocycles. The number of hydrogen-bond acceptors (Lipinski definition) is 2. The molecule has 4 bridgehead atoms. The summed E-state index contributed by atoms with van der Waals surface area (Å²) >= 11 is 6.07. The molecule has 4 aliphatic rings. The van der Waals surface area contributed by atoms with E-state index in [4.69, 9.17) is 11.6 Å². The average Bonchev–Trinajstić information content (AvgIpc) is 2.57. The molecule has 0 saturated heterocycles. The van der Waals surface area contributed by atoms with E-state index in [1.54, 1.807) is 6.07 Å². The van der Waals surface area contributed by atoms with Gasteiger partial charge in [0.05, 0.1) is 0 Å². The molecule has 4 aliphatic carbocycles. The van der Waals surface area contributed by atoms with Crippen molar-refractivity contribution in [1.82, 2.24) is 10.6 Å². The van der Waals surface area contributed by atoms with Crippen molar-refractivity contribution < 1.29 is 9.59 Å². The Morgan fingerprint density at radius 2 is 1.74 bits per heavy atom. The number of hydrogen-bond donors (Lipinski definition) is 3. The Morgan fingerprint density at radius 1 is 1.11 bits per heavy atom. The van der Waals surface area contributed by atoms with Gasteiger partial charge in [0.2, 0.25) is 5.91 Å². The molecular formula is C21H28ClN3O2. The minimum atomic E-state index is -0.135. The molecule has 4 saturated carbocycles. The minimum absolute atomic E-state index is 0.00100. The molecule has 0 radical (unpaired) electrons. The molecule has 0 heterocycles. The van der Waals surface area contributed by atoms with E-state index >= 15 is 0 Å². The van der Waals surface area contributed by atoms with Crippen LogP contribution in [0, 0.1) is 24.7 Å². The van der Waals surface area contributed by atoms with Gasteiger partial charge in [0.25, 0.3) is 0 Å². The highest BCUT2D eigenvalue weighted by molar-refractivity contribution is 6.31. The topological polar surface area (TPSA) is 70.2 Å². The first-order chi connectivity index (χ1) is 12.9. The van der Waals surface area contributed by atoms with Gasteiger partial charge in [-0.15, -0.1) is 0 Å². The SMILES string of the molecule is Cc1c(Cl)cccc1NC(=O)CCNC(=O)NC12CC3CC(CC(C3)C1)C2. The largest absolute Gasteiger partial charge is 0.338 e. The second kappa shape index (κ2) is 7.34. The van der Waals surface area contributed by atoms with E-state index in [1.807, 2.05) is 19.1 Å². The first-order valence-electron chi connectivity index (χ1n) is 10.0. The molecule has 0 aliphatic heterocycles. The van der Waals surface area contributed by atoms with Crippen molar-refractivity contribution >= 4 is 29.2 Å². The monoisotopic (exact) mass is 389 g/mol. The van der Waals surface area contributed by atoms with Crippen molar-refractivity contribution in [3.05, 3.63) is 28.8 Å². The summed E-state index contributed by atoms with van der Waals surface area (Å²) in [7, 11) is 0. The van der Waals surface area contributed by atoms with E-state index < -0.39 is 0 Å². The highest BCUT2D eigenvalue weighted by Crippen LogP contribution is 2.55. The molecule has 5 rings (SSSR count). The predicted molar refractivity (Wildman–Crippen MR) is 107 cm³/mol. The summed E-state index contributed by atoms with van der Waals surface area (Å²) in [6, 6.07) is 5.29. The number of rotatable bonds is 5. The van der Waals surface area contributed by atoms with Gasteiger partial charge in [0, 0.05) is 29.2 Å². The summed E-state index contributed by atoms with van der Waals surface area (Å²) in [6.07, 6.45) is 7.67. The fourth-order valence-electron chi connectivity index (χ4n) is 5.79. The number of halogens is 1. The van der Waals surface area contributed by atoms with Crippen molar-refractivity contribution in [3.8, 4) is 0 Å². The lowest BCUT2D eigenvalue weighted by molar-refractivity contribution is -0.116. The highest BCUT2D eigenvalue weighted by Gasteiger charge is 2.51. The molecule has 3 amide bonds. The quantitative estimate of drug-likeness (QED) is 0.704. The third kappa shape index (κ3) is 4.08. The summed E-state index contributed by atoms with van der Waals surface area (Å²) in [5.74, 6) is 2.25. The van der Waals surface area contributed by atoms with Crippen LogP contribution < -0.4 is 16.0 Å². The summed E-state index contributed by atoms with van der Waals surface area (Å²) in [4.78, 5) is 24.5. The lowest BCUT2D eigenvalue weighted by Crippen LogP contribution is -2.61. The minimum Gasteiger partial charge on any atom is -0.338 e. The lowest BCUT2D eigenvalue weighted by atomic mass is 9.53. The van der Waals surface area contributed by atoms with E-state index in [0.717, 1.165) is 42.6 Å². The van der Waals surface area contributed by atoms with Crippen molar-refractivity contribution in [2.24, 2.45) is 17.8 Å². The van der Waals surface area contributed by atoms with E-state index in [9.17, 15) is 9.59 Å². The number of benzene rings is 1. The number of urea groups is 1. The third-order valence-corrected chi connectivity index (χ3v) is 7.01. The fraction of sp³-hybridized carbons (Fsp3) is 0.619. The second-order valence-corrected chi connectivity index (χ2v) is 9.20. The zero-order chi connectivity index (χ0) is 19.0. The standard InChI is InChI=1S/C21H28ClN3O2/c1-13-17(22)3-2-4-18(13)24-19(26)5-6-23-20(27)25-21-10-14-7-15(11-21)9-16(8-14)12-21/h2-4,14-16H,5-12H2,1H3,(H,24,26)(H2,23,25,27). The van der Waals surface area contributed by atoms with Crippen LogP contribution in [-0.2, 0) is 4.79 Å². The van der Waals surface area contributed by atoms with Gasteiger partial charge in [0.1, 0.15) is 0 Å². The van der Waals surface area contributed by atoms with Crippen molar-refractivity contribution in [2.75, 3.05) is 11.9 Å². The molecular weight excluding hydrogens is 362 g/mol. The first-order valence-corrected chi connectivity index (χ1v) is 10.4. The van der Waals surface area contributed by atoms with Crippen molar-refractivity contribution in [1.29, 1.82) is 0 Å². The van der Waals surface area contributed by atoms with Gasteiger partial charge in [-0.05, 0) is 80.9 Å². The molecule has 0 spiro atoms. The van der Waals surface area contributed by atoms with Crippen LogP contribution in [0.4, 0.5) is 10.5 Å². The van der Waals surface area contributed by atoms with Gasteiger partial charge in [-0.25, -0.2) is 4.79 Å². The van der Waals surface area contributed by atoms with Gasteiger partial charge in [0.15, 0.2) is 0 Å². The Morgan fingerprint density at radius 3 is 2.37 bits per heavy atom. The van der Waals surface area contributed by atoms with Gasteiger partial charge in [-0.1, -0.05) is 17.7 Å². The zero-order valence-electron chi connectivity index (χ0n) is 15.8. The first kappa shape index (κ1) is 18.6. The maximum Gasteiger partial charge on any atom is 0.315 e. The van der Waals surface area contributed by atoms with Gasteiger partial charge >= 0.3 is 6.03 Å². The molecule has 5 nitrogen and oxygen atoms in total. The molecule has 0 unspecified atom stereocenters. The van der Waals surface area contributed by atoms with Gasteiger partial charge in [-0.3, -0.25) is 4.79 Å². The van der Waals surface area contributed by atoms with Crippen LogP contribution in [0.15, 0.2) is 18.2 Å². The summed E-state index contributed by atoms with van der Waals surface area (Å²) in [5, 5.41) is 9.61. The van der Waals surface area contributed by atoms with Crippen LogP contribution in [0.1, 0.15) is 50.5 Å². The molecule has 0 atom stereocenters. The van der Waals surface area contributed by atoms with Gasteiger partial charge < -0.3 is 16.0 Å². The zero-order valence-corrected chi connectivity index (χ0v) is 16.6. The molecule has 3 N–H and O–H groups in total. The summed E-state index contributed by atoms with van der Waals surface area (Å²) < 4.78 is 0. The Bertz CT molecular complexity index is 714. The fourth-order valence-corrected chi connectivity index (χ4v) is 5.97. The molecule has 4 fully saturated rings. The molecule has 0 aromatic heterocycles. The molecule has 27 heavy (non-hydrogen) atoms. The number of anilines is 1. The Balaban J connectivity index is 1.23. The third-order valence-electron chi connectivity index (χ3n) is 6.60. The molecule has 146 valence electrons. The van der Waals surface area contributed by atoms with Crippen LogP contribution in [0.3, 0.4) is 0 Å². The normalized spacial score (nSPS) is 30.8. The lowest BCUT2D eigenvalue weighted by Gasteiger charge is -2.56. The number of carbonyl (C=O) groups excluding carboxylic acids is 2. The summed E-state index contributed by atoms with van der Waals surface area (Å²) in [6.45, 7) is 2.19. The van der Waals surface area contributed by atoms with Crippen LogP contribution in [0.2, 0.25) is 5.02 Å². The Labute approximate surface area is 165 Å². The number of amides is 3. The van der Waals surface area contributed by atoms with E-state index in [0.29, 0.717) is 17.3 Å². The van der Waals surface area contributed by atoms with E-state index in [-0.39, 0.29) is 23.9 Å². The Kier molecular flexibility index (Phi) is 5.06. The van der Waals surface area contributed by atoms with Crippen molar-refractivity contribution in [2.45, 2.75) is 57.4 Å². The predicted octanol–water partition coefficient (Wildman–Crippen LogP) is 4.25. The van der Waals surface area contributed by atoms with Crippen LogP contribution in [-0.4, -0.2) is 24.0 Å². The van der Waals surface area contributed by atoms with Crippen LogP contribution in [0.25, 0.3) is 0 Å². The molecule has 6 heteroatoms. The van der Waals surface area contributed by atoms with Crippen molar-refractivity contribution in [3.63, 3.8) is 0 Å². The van der Waals surface area contributed by atoms with E-state index in [2.05, 4.69) is 16.0 Å². The Hall–Kier alpha value is -1.75. The maximum absolute atomic E-state index is 12.4. The van der Waals surface area contributed by atoms with Crippen LogP contribution in [0.5, 0.6) is 0 Å². The number of nitrogens with one attached hydrogen (secondary N) is 3. The maximum atomic E-state index is 12.4.